The van der Waals surface area contributed by atoms with E-state index >= 15 is 0 Å². The Morgan fingerprint density at radius 3 is 2.55 bits per heavy atom. The van der Waals surface area contributed by atoms with Crippen LogP contribution in [-0.4, -0.2) is 6.04 Å². The number of ether oxygens (including phenoxy) is 1. The minimum absolute atomic E-state index is 0.0711. The quantitative estimate of drug-likeness (QED) is 0.918. The molecule has 0 aliphatic heterocycles. The molecule has 20 heavy (non-hydrogen) atoms. The highest BCUT2D eigenvalue weighted by Gasteiger charge is 2.11. The smallest absolute Gasteiger partial charge is 0.201 e. The average molecular weight is 277 g/mol. The fraction of sp³-hybridized carbons (Fsp3) is 0.250. The monoisotopic (exact) mass is 277 g/mol. The largest absolute Gasteiger partial charge is 0.454 e. The molecule has 106 valence electrons. The standard InChI is InChI=1S/C16H17F2NO/c1-10-8-12(9-11(2)19)6-7-14(10)20-15-5-3-4-13(17)16(15)18/h3-8,11H,9,19H2,1-2H3. The molecule has 0 heterocycles. The summed E-state index contributed by atoms with van der Waals surface area (Å²) in [5.41, 5.74) is 7.69. The van der Waals surface area contributed by atoms with Crippen molar-refractivity contribution in [2.75, 3.05) is 0 Å². The van der Waals surface area contributed by atoms with E-state index in [1.807, 2.05) is 26.0 Å². The molecule has 0 bridgehead atoms. The highest BCUT2D eigenvalue weighted by molar-refractivity contribution is 5.40. The maximum absolute atomic E-state index is 13.6. The molecule has 0 spiro atoms. The highest BCUT2D eigenvalue weighted by atomic mass is 19.2. The van der Waals surface area contributed by atoms with Crippen LogP contribution in [-0.2, 0) is 6.42 Å². The van der Waals surface area contributed by atoms with Gasteiger partial charge in [-0.1, -0.05) is 18.2 Å². The van der Waals surface area contributed by atoms with Crippen molar-refractivity contribution in [1.29, 1.82) is 0 Å². The average Bonchev–Trinajstić information content (AvgIpc) is 2.37. The summed E-state index contributed by atoms with van der Waals surface area (Å²) in [7, 11) is 0. The first-order valence-electron chi connectivity index (χ1n) is 6.44. The predicted molar refractivity (Wildman–Crippen MR) is 75.0 cm³/mol. The van der Waals surface area contributed by atoms with E-state index in [4.69, 9.17) is 10.5 Å². The molecule has 2 aromatic rings. The van der Waals surface area contributed by atoms with Crippen LogP contribution < -0.4 is 10.5 Å². The molecule has 2 aromatic carbocycles. The summed E-state index contributed by atoms with van der Waals surface area (Å²) < 4.78 is 32.1. The third-order valence-electron chi connectivity index (χ3n) is 2.93. The number of nitrogens with two attached hydrogens (primary N) is 1. The minimum Gasteiger partial charge on any atom is -0.454 e. The zero-order chi connectivity index (χ0) is 14.7. The summed E-state index contributed by atoms with van der Waals surface area (Å²) in [5.74, 6) is -1.52. The van der Waals surface area contributed by atoms with Crippen LogP contribution in [0.1, 0.15) is 18.1 Å². The third-order valence-corrected chi connectivity index (χ3v) is 2.93. The summed E-state index contributed by atoms with van der Waals surface area (Å²) in [5, 5.41) is 0. The molecule has 0 saturated heterocycles. The van der Waals surface area contributed by atoms with Crippen molar-refractivity contribution < 1.29 is 13.5 Å². The lowest BCUT2D eigenvalue weighted by molar-refractivity contribution is 0.414. The van der Waals surface area contributed by atoms with Gasteiger partial charge >= 0.3 is 0 Å². The third kappa shape index (κ3) is 3.33. The van der Waals surface area contributed by atoms with Gasteiger partial charge in [-0.2, -0.15) is 4.39 Å². The van der Waals surface area contributed by atoms with Gasteiger partial charge in [0.2, 0.25) is 5.82 Å². The molecule has 0 aliphatic carbocycles. The zero-order valence-electron chi connectivity index (χ0n) is 11.5. The van der Waals surface area contributed by atoms with Gasteiger partial charge in [-0.3, -0.25) is 0 Å². The van der Waals surface area contributed by atoms with Gasteiger partial charge in [0, 0.05) is 6.04 Å². The molecule has 4 heteroatoms. The van der Waals surface area contributed by atoms with Crippen LogP contribution in [0.25, 0.3) is 0 Å². The normalized spacial score (nSPS) is 12.2. The van der Waals surface area contributed by atoms with Crippen LogP contribution in [0.2, 0.25) is 0 Å². The minimum atomic E-state index is -0.980. The van der Waals surface area contributed by atoms with Crippen molar-refractivity contribution in [1.82, 2.24) is 0 Å². The SMILES string of the molecule is Cc1cc(CC(C)N)ccc1Oc1cccc(F)c1F. The molecule has 1 atom stereocenters. The molecule has 2 rings (SSSR count). The molecule has 0 fully saturated rings. The van der Waals surface area contributed by atoms with Crippen molar-refractivity contribution in [3.63, 3.8) is 0 Å². The number of halogens is 2. The Morgan fingerprint density at radius 1 is 1.15 bits per heavy atom. The van der Waals surface area contributed by atoms with Crippen LogP contribution in [0.3, 0.4) is 0 Å². The molecule has 0 radical (unpaired) electrons. The van der Waals surface area contributed by atoms with E-state index in [0.717, 1.165) is 23.6 Å². The summed E-state index contributed by atoms with van der Waals surface area (Å²) in [4.78, 5) is 0. The second-order valence-corrected chi connectivity index (χ2v) is 4.94. The lowest BCUT2D eigenvalue weighted by atomic mass is 10.0. The number of benzene rings is 2. The van der Waals surface area contributed by atoms with Gasteiger partial charge in [0.1, 0.15) is 5.75 Å². The predicted octanol–water partition coefficient (Wildman–Crippen LogP) is 3.96. The van der Waals surface area contributed by atoms with Crippen LogP contribution in [0.15, 0.2) is 36.4 Å². The van der Waals surface area contributed by atoms with Gasteiger partial charge in [-0.15, -0.1) is 0 Å². The van der Waals surface area contributed by atoms with Gasteiger partial charge in [0.05, 0.1) is 0 Å². The van der Waals surface area contributed by atoms with Gasteiger partial charge in [-0.25, -0.2) is 4.39 Å². The molecular weight excluding hydrogens is 260 g/mol. The lowest BCUT2D eigenvalue weighted by Gasteiger charge is -2.12. The Balaban J connectivity index is 2.24. The molecule has 2 nitrogen and oxygen atoms in total. The Morgan fingerprint density at radius 2 is 1.90 bits per heavy atom. The topological polar surface area (TPSA) is 35.2 Å². The van der Waals surface area contributed by atoms with Gasteiger partial charge < -0.3 is 10.5 Å². The van der Waals surface area contributed by atoms with E-state index < -0.39 is 11.6 Å². The van der Waals surface area contributed by atoms with Crippen LogP contribution in [0.4, 0.5) is 8.78 Å². The summed E-state index contributed by atoms with van der Waals surface area (Å²) >= 11 is 0. The Labute approximate surface area is 117 Å². The van der Waals surface area contributed by atoms with Crippen molar-refractivity contribution in [2.24, 2.45) is 5.73 Å². The molecular formula is C16H17F2NO. The lowest BCUT2D eigenvalue weighted by Crippen LogP contribution is -2.17. The number of hydrogen-bond donors (Lipinski definition) is 1. The first kappa shape index (κ1) is 14.5. The van der Waals surface area contributed by atoms with E-state index in [1.54, 1.807) is 6.07 Å². The molecule has 0 aliphatic rings. The van der Waals surface area contributed by atoms with E-state index in [-0.39, 0.29) is 11.8 Å². The fourth-order valence-corrected chi connectivity index (χ4v) is 2.01. The van der Waals surface area contributed by atoms with Crippen molar-refractivity contribution in [2.45, 2.75) is 26.3 Å². The van der Waals surface area contributed by atoms with E-state index in [0.29, 0.717) is 5.75 Å². The van der Waals surface area contributed by atoms with Crippen molar-refractivity contribution >= 4 is 0 Å². The molecule has 0 amide bonds. The number of rotatable bonds is 4. The number of aryl methyl sites for hydroxylation is 1. The zero-order valence-corrected chi connectivity index (χ0v) is 11.5. The van der Waals surface area contributed by atoms with Crippen molar-refractivity contribution in [3.8, 4) is 11.5 Å². The van der Waals surface area contributed by atoms with E-state index in [2.05, 4.69) is 0 Å². The number of hydrogen-bond acceptors (Lipinski definition) is 2. The van der Waals surface area contributed by atoms with Crippen molar-refractivity contribution in [3.05, 3.63) is 59.2 Å². The first-order chi connectivity index (χ1) is 9.47. The van der Waals surface area contributed by atoms with Crippen LogP contribution in [0, 0.1) is 18.6 Å². The van der Waals surface area contributed by atoms with E-state index in [1.165, 1.54) is 12.1 Å². The molecule has 0 saturated carbocycles. The Bertz CT molecular complexity index is 611. The summed E-state index contributed by atoms with van der Waals surface area (Å²) in [6.45, 7) is 3.79. The molecule has 2 N–H and O–H groups in total. The van der Waals surface area contributed by atoms with E-state index in [9.17, 15) is 8.78 Å². The van der Waals surface area contributed by atoms with Crippen LogP contribution >= 0.6 is 0 Å². The van der Waals surface area contributed by atoms with Crippen LogP contribution in [0.5, 0.6) is 11.5 Å². The van der Waals surface area contributed by atoms with Gasteiger partial charge in [-0.05, 0) is 49.6 Å². The Hall–Kier alpha value is -1.94. The molecule has 1 unspecified atom stereocenters. The van der Waals surface area contributed by atoms with Gasteiger partial charge in [0.15, 0.2) is 11.6 Å². The maximum Gasteiger partial charge on any atom is 0.201 e. The second-order valence-electron chi connectivity index (χ2n) is 4.94. The second kappa shape index (κ2) is 6.01. The molecule has 0 aromatic heterocycles. The first-order valence-corrected chi connectivity index (χ1v) is 6.44. The summed E-state index contributed by atoms with van der Waals surface area (Å²) in [6.07, 6.45) is 0.759. The van der Waals surface area contributed by atoms with Gasteiger partial charge in [0.25, 0.3) is 0 Å². The fourth-order valence-electron chi connectivity index (χ4n) is 2.01. The Kier molecular flexibility index (Phi) is 4.35. The highest BCUT2D eigenvalue weighted by Crippen LogP contribution is 2.28. The maximum atomic E-state index is 13.6. The summed E-state index contributed by atoms with van der Waals surface area (Å²) in [6, 6.07) is 9.50.